The summed E-state index contributed by atoms with van der Waals surface area (Å²) in [6.45, 7) is 1.87. The van der Waals surface area contributed by atoms with Gasteiger partial charge in [-0.3, -0.25) is 4.79 Å². The maximum atomic E-state index is 11.8. The van der Waals surface area contributed by atoms with Crippen LogP contribution in [0.25, 0.3) is 0 Å². The second-order valence-corrected chi connectivity index (χ2v) is 5.49. The van der Waals surface area contributed by atoms with E-state index in [-0.39, 0.29) is 5.91 Å². The van der Waals surface area contributed by atoms with E-state index < -0.39 is 0 Å². The maximum absolute atomic E-state index is 11.8. The number of nitrogens with one attached hydrogen (secondary N) is 1. The van der Waals surface area contributed by atoms with E-state index in [1.54, 1.807) is 23.5 Å². The zero-order valence-corrected chi connectivity index (χ0v) is 12.1. The van der Waals surface area contributed by atoms with Crippen LogP contribution in [0.1, 0.15) is 22.2 Å². The van der Waals surface area contributed by atoms with Crippen molar-refractivity contribution in [3.05, 3.63) is 56.7 Å². The predicted octanol–water partition coefficient (Wildman–Crippen LogP) is 3.66. The fourth-order valence-corrected chi connectivity index (χ4v) is 2.28. The highest BCUT2D eigenvalue weighted by molar-refractivity contribution is 9.10. The number of halogens is 1. The summed E-state index contributed by atoms with van der Waals surface area (Å²) in [6, 6.07) is 11.1. The Balaban J connectivity index is 2.04. The molecule has 0 aliphatic carbocycles. The van der Waals surface area contributed by atoms with E-state index >= 15 is 0 Å². The number of hydrogen-bond acceptors (Lipinski definition) is 3. The molecule has 0 aliphatic rings. The Hall–Kier alpha value is -1.46. The van der Waals surface area contributed by atoms with Crippen molar-refractivity contribution in [1.82, 2.24) is 5.43 Å². The van der Waals surface area contributed by atoms with E-state index in [0.717, 1.165) is 15.1 Å². The largest absolute Gasteiger partial charge is 0.271 e. The zero-order chi connectivity index (χ0) is 13.0. The molecule has 0 fully saturated rings. The molecule has 0 bridgehead atoms. The second kappa shape index (κ2) is 5.93. The monoisotopic (exact) mass is 322 g/mol. The molecule has 0 spiro atoms. The molecule has 0 saturated carbocycles. The molecule has 0 atom stereocenters. The molecule has 18 heavy (non-hydrogen) atoms. The standard InChI is InChI=1S/C13H11BrN2OS/c1-9(12-3-2-8-18-12)15-16-13(17)10-4-6-11(14)7-5-10/h2-8H,1H3,(H,16,17). The summed E-state index contributed by atoms with van der Waals surface area (Å²) in [5.74, 6) is -0.210. The first-order chi connectivity index (χ1) is 8.66. The lowest BCUT2D eigenvalue weighted by atomic mass is 10.2. The third-order valence-electron chi connectivity index (χ3n) is 2.31. The molecule has 0 saturated heterocycles. The average molecular weight is 323 g/mol. The summed E-state index contributed by atoms with van der Waals surface area (Å²) < 4.78 is 0.942. The molecule has 1 heterocycles. The molecule has 5 heteroatoms. The van der Waals surface area contributed by atoms with Gasteiger partial charge in [0.05, 0.1) is 5.71 Å². The molecule has 1 aromatic carbocycles. The normalized spacial score (nSPS) is 11.3. The number of nitrogens with zero attached hydrogens (tertiary/aromatic N) is 1. The van der Waals surface area contributed by atoms with Crippen LogP contribution in [0.2, 0.25) is 0 Å². The summed E-state index contributed by atoms with van der Waals surface area (Å²) in [5, 5.41) is 6.06. The summed E-state index contributed by atoms with van der Waals surface area (Å²) in [5.41, 5.74) is 3.93. The average Bonchev–Trinajstić information content (AvgIpc) is 2.90. The van der Waals surface area contributed by atoms with Crippen molar-refractivity contribution in [3.63, 3.8) is 0 Å². The number of rotatable bonds is 3. The molecule has 1 aromatic heterocycles. The first-order valence-electron chi connectivity index (χ1n) is 5.31. The van der Waals surface area contributed by atoms with Crippen LogP contribution in [-0.4, -0.2) is 11.6 Å². The number of carbonyl (C=O) groups excluding carboxylic acids is 1. The highest BCUT2D eigenvalue weighted by Crippen LogP contribution is 2.11. The molecular formula is C13H11BrN2OS. The molecule has 0 radical (unpaired) electrons. The Kier molecular flexibility index (Phi) is 4.28. The summed E-state index contributed by atoms with van der Waals surface area (Å²) in [6.07, 6.45) is 0. The minimum Gasteiger partial charge on any atom is -0.267 e. The molecule has 3 nitrogen and oxygen atoms in total. The fraction of sp³-hybridized carbons (Fsp3) is 0.0769. The van der Waals surface area contributed by atoms with Gasteiger partial charge in [-0.2, -0.15) is 5.10 Å². The molecular weight excluding hydrogens is 312 g/mol. The van der Waals surface area contributed by atoms with Crippen molar-refractivity contribution < 1.29 is 4.79 Å². The maximum Gasteiger partial charge on any atom is 0.271 e. The van der Waals surface area contributed by atoms with Crippen molar-refractivity contribution in [1.29, 1.82) is 0 Å². The number of hydrazone groups is 1. The molecule has 0 aliphatic heterocycles. The van der Waals surface area contributed by atoms with Gasteiger partial charge in [0.15, 0.2) is 0 Å². The lowest BCUT2D eigenvalue weighted by Crippen LogP contribution is -2.18. The van der Waals surface area contributed by atoms with E-state index in [2.05, 4.69) is 26.5 Å². The number of carbonyl (C=O) groups is 1. The van der Waals surface area contributed by atoms with Gasteiger partial charge in [0.25, 0.3) is 5.91 Å². The Morgan fingerprint density at radius 2 is 2.00 bits per heavy atom. The van der Waals surface area contributed by atoms with Gasteiger partial charge in [0, 0.05) is 14.9 Å². The smallest absolute Gasteiger partial charge is 0.267 e. The number of thiophene rings is 1. The van der Waals surface area contributed by atoms with Gasteiger partial charge in [-0.15, -0.1) is 11.3 Å². The molecule has 0 unspecified atom stereocenters. The minimum atomic E-state index is -0.210. The van der Waals surface area contributed by atoms with E-state index in [1.807, 2.05) is 36.6 Å². The Morgan fingerprint density at radius 1 is 1.28 bits per heavy atom. The summed E-state index contributed by atoms with van der Waals surface area (Å²) in [7, 11) is 0. The van der Waals surface area contributed by atoms with E-state index in [0.29, 0.717) is 5.56 Å². The van der Waals surface area contributed by atoms with E-state index in [9.17, 15) is 4.79 Å². The lowest BCUT2D eigenvalue weighted by molar-refractivity contribution is 0.0955. The van der Waals surface area contributed by atoms with Gasteiger partial charge in [-0.05, 0) is 42.6 Å². The van der Waals surface area contributed by atoms with Crippen LogP contribution in [0.4, 0.5) is 0 Å². The van der Waals surface area contributed by atoms with Crippen molar-refractivity contribution in [2.75, 3.05) is 0 Å². The Labute approximate surface area is 118 Å². The van der Waals surface area contributed by atoms with Crippen molar-refractivity contribution in [2.45, 2.75) is 6.92 Å². The predicted molar refractivity (Wildman–Crippen MR) is 78.1 cm³/mol. The van der Waals surface area contributed by atoms with E-state index in [4.69, 9.17) is 0 Å². The molecule has 2 rings (SSSR count). The number of hydrogen-bond donors (Lipinski definition) is 1. The van der Waals surface area contributed by atoms with Crippen LogP contribution < -0.4 is 5.43 Å². The van der Waals surface area contributed by atoms with Crippen molar-refractivity contribution in [3.8, 4) is 0 Å². The van der Waals surface area contributed by atoms with Crippen molar-refractivity contribution in [2.24, 2.45) is 5.10 Å². The van der Waals surface area contributed by atoms with Gasteiger partial charge < -0.3 is 0 Å². The Morgan fingerprint density at radius 3 is 2.61 bits per heavy atom. The quantitative estimate of drug-likeness (QED) is 0.680. The molecule has 1 N–H and O–H groups in total. The van der Waals surface area contributed by atoms with Crippen LogP contribution in [-0.2, 0) is 0 Å². The lowest BCUT2D eigenvalue weighted by Gasteiger charge is -2.01. The third-order valence-corrected chi connectivity index (χ3v) is 3.82. The van der Waals surface area contributed by atoms with Crippen LogP contribution in [0.15, 0.2) is 51.4 Å². The summed E-state index contributed by atoms with van der Waals surface area (Å²) >= 11 is 4.92. The van der Waals surface area contributed by atoms with Crippen LogP contribution in [0, 0.1) is 0 Å². The van der Waals surface area contributed by atoms with Crippen LogP contribution in [0.3, 0.4) is 0 Å². The molecule has 2 aromatic rings. The Bertz CT molecular complexity index is 561. The number of amides is 1. The molecule has 1 amide bonds. The minimum absolute atomic E-state index is 0.210. The first kappa shape index (κ1) is 13.0. The highest BCUT2D eigenvalue weighted by atomic mass is 79.9. The van der Waals surface area contributed by atoms with Crippen LogP contribution in [0.5, 0.6) is 0 Å². The van der Waals surface area contributed by atoms with Gasteiger partial charge >= 0.3 is 0 Å². The summed E-state index contributed by atoms with van der Waals surface area (Å²) in [4.78, 5) is 12.8. The SMILES string of the molecule is CC(=NNC(=O)c1ccc(Br)cc1)c1cccs1. The molecule has 92 valence electrons. The van der Waals surface area contributed by atoms with Gasteiger partial charge in [0.1, 0.15) is 0 Å². The second-order valence-electron chi connectivity index (χ2n) is 3.62. The third kappa shape index (κ3) is 3.27. The first-order valence-corrected chi connectivity index (χ1v) is 6.98. The van der Waals surface area contributed by atoms with Gasteiger partial charge in [-0.1, -0.05) is 22.0 Å². The van der Waals surface area contributed by atoms with Crippen LogP contribution >= 0.6 is 27.3 Å². The number of benzene rings is 1. The zero-order valence-electron chi connectivity index (χ0n) is 9.68. The van der Waals surface area contributed by atoms with Gasteiger partial charge in [0.2, 0.25) is 0 Å². The topological polar surface area (TPSA) is 41.5 Å². The van der Waals surface area contributed by atoms with Gasteiger partial charge in [-0.25, -0.2) is 5.43 Å². The van der Waals surface area contributed by atoms with E-state index in [1.165, 1.54) is 0 Å². The van der Waals surface area contributed by atoms with Crippen molar-refractivity contribution >= 4 is 38.9 Å². The highest BCUT2D eigenvalue weighted by Gasteiger charge is 2.04. The fourth-order valence-electron chi connectivity index (χ4n) is 1.34.